The molecular formula is C18H29NO2. The van der Waals surface area contributed by atoms with Crippen LogP contribution in [0.2, 0.25) is 0 Å². The van der Waals surface area contributed by atoms with Crippen molar-refractivity contribution in [2.75, 3.05) is 13.2 Å². The van der Waals surface area contributed by atoms with Crippen LogP contribution in [0.4, 0.5) is 4.79 Å². The number of carbonyl (C=O) groups excluding carboxylic acids is 1. The van der Waals surface area contributed by atoms with Gasteiger partial charge in [0.2, 0.25) is 0 Å². The number of hydrogen-bond donors (Lipinski definition) is 1. The zero-order valence-corrected chi connectivity index (χ0v) is 13.9. The number of alkyl carbamates (subject to hydrolysis) is 1. The maximum Gasteiger partial charge on any atom is 0.407 e. The molecule has 1 aromatic rings. The Balaban J connectivity index is 2.75. The molecular weight excluding hydrogens is 262 g/mol. The van der Waals surface area contributed by atoms with Gasteiger partial charge in [-0.05, 0) is 38.3 Å². The van der Waals surface area contributed by atoms with Crippen molar-refractivity contribution in [2.24, 2.45) is 0 Å². The van der Waals surface area contributed by atoms with E-state index >= 15 is 0 Å². The first-order valence-electron chi connectivity index (χ1n) is 8.06. The second-order valence-electron chi connectivity index (χ2n) is 5.65. The normalized spacial score (nSPS) is 12.0. The van der Waals surface area contributed by atoms with E-state index in [2.05, 4.69) is 44.3 Å². The number of hydrogen-bond acceptors (Lipinski definition) is 2. The monoisotopic (exact) mass is 291 g/mol. The van der Waals surface area contributed by atoms with E-state index in [1.165, 1.54) is 36.0 Å². The van der Waals surface area contributed by atoms with Crippen LogP contribution in [0.1, 0.15) is 62.1 Å². The number of nitrogens with one attached hydrogen (secondary N) is 1. The summed E-state index contributed by atoms with van der Waals surface area (Å²) in [5.74, 6) is 0.362. The lowest BCUT2D eigenvalue weighted by atomic mass is 9.89. The fraction of sp³-hybridized carbons (Fsp3) is 0.611. The van der Waals surface area contributed by atoms with Gasteiger partial charge in [-0.2, -0.15) is 0 Å². The summed E-state index contributed by atoms with van der Waals surface area (Å²) in [7, 11) is 0. The Hall–Kier alpha value is -1.51. The molecule has 21 heavy (non-hydrogen) atoms. The Labute approximate surface area is 129 Å². The molecule has 0 bridgehead atoms. The molecule has 0 aliphatic rings. The summed E-state index contributed by atoms with van der Waals surface area (Å²) in [4.78, 5) is 11.5. The SMILES string of the molecule is CCCCCC(CNC(=O)OCC)c1cc(C)ccc1C. The van der Waals surface area contributed by atoms with Crippen LogP contribution in [-0.2, 0) is 4.74 Å². The van der Waals surface area contributed by atoms with Crippen molar-refractivity contribution >= 4 is 6.09 Å². The first-order valence-corrected chi connectivity index (χ1v) is 8.06. The smallest absolute Gasteiger partial charge is 0.407 e. The first kappa shape index (κ1) is 17.5. The molecule has 0 saturated heterocycles. The molecule has 0 aromatic heterocycles. The summed E-state index contributed by atoms with van der Waals surface area (Å²) in [5, 5.41) is 2.89. The highest BCUT2D eigenvalue weighted by atomic mass is 16.5. The molecule has 0 spiro atoms. The van der Waals surface area contributed by atoms with Crippen LogP contribution >= 0.6 is 0 Å². The maximum absolute atomic E-state index is 11.5. The van der Waals surface area contributed by atoms with E-state index in [1.807, 2.05) is 6.92 Å². The van der Waals surface area contributed by atoms with E-state index in [0.29, 0.717) is 19.1 Å². The van der Waals surface area contributed by atoms with Crippen molar-refractivity contribution in [3.63, 3.8) is 0 Å². The third-order valence-electron chi connectivity index (χ3n) is 3.80. The summed E-state index contributed by atoms with van der Waals surface area (Å²) in [6, 6.07) is 6.56. The lowest BCUT2D eigenvalue weighted by molar-refractivity contribution is 0.151. The second-order valence-corrected chi connectivity index (χ2v) is 5.65. The summed E-state index contributed by atoms with van der Waals surface area (Å²) in [5.41, 5.74) is 3.92. The number of aryl methyl sites for hydroxylation is 2. The van der Waals surface area contributed by atoms with Gasteiger partial charge in [-0.25, -0.2) is 4.79 Å². The molecule has 3 heteroatoms. The molecule has 118 valence electrons. The van der Waals surface area contributed by atoms with Gasteiger partial charge >= 0.3 is 6.09 Å². The number of ether oxygens (including phenoxy) is 1. The predicted octanol–water partition coefficient (Wildman–Crippen LogP) is 4.71. The molecule has 0 radical (unpaired) electrons. The molecule has 0 fully saturated rings. The van der Waals surface area contributed by atoms with Crippen LogP contribution in [0, 0.1) is 13.8 Å². The van der Waals surface area contributed by atoms with Crippen LogP contribution in [0.5, 0.6) is 0 Å². The molecule has 1 atom stereocenters. The van der Waals surface area contributed by atoms with Gasteiger partial charge < -0.3 is 10.1 Å². The van der Waals surface area contributed by atoms with Crippen molar-refractivity contribution in [3.05, 3.63) is 34.9 Å². The minimum absolute atomic E-state index is 0.316. The fourth-order valence-corrected chi connectivity index (χ4v) is 2.60. The average molecular weight is 291 g/mol. The summed E-state index contributed by atoms with van der Waals surface area (Å²) < 4.78 is 4.96. The Kier molecular flexibility index (Phi) is 7.88. The third-order valence-corrected chi connectivity index (χ3v) is 3.80. The van der Waals surface area contributed by atoms with E-state index in [-0.39, 0.29) is 6.09 Å². The van der Waals surface area contributed by atoms with Crippen LogP contribution < -0.4 is 5.32 Å². The Morgan fingerprint density at radius 2 is 2.00 bits per heavy atom. The van der Waals surface area contributed by atoms with Crippen LogP contribution in [0.15, 0.2) is 18.2 Å². The minimum atomic E-state index is -0.316. The third kappa shape index (κ3) is 6.19. The number of unbranched alkanes of at least 4 members (excludes halogenated alkanes) is 2. The molecule has 1 N–H and O–H groups in total. The molecule has 3 nitrogen and oxygen atoms in total. The molecule has 0 heterocycles. The van der Waals surface area contributed by atoms with E-state index in [4.69, 9.17) is 4.74 Å². The Morgan fingerprint density at radius 3 is 2.67 bits per heavy atom. The molecule has 1 aromatic carbocycles. The molecule has 1 amide bonds. The van der Waals surface area contributed by atoms with E-state index in [0.717, 1.165) is 6.42 Å². The quantitative estimate of drug-likeness (QED) is 0.704. The molecule has 0 aliphatic carbocycles. The highest BCUT2D eigenvalue weighted by molar-refractivity contribution is 5.67. The molecule has 1 rings (SSSR count). The maximum atomic E-state index is 11.5. The van der Waals surface area contributed by atoms with Crippen molar-refractivity contribution in [1.29, 1.82) is 0 Å². The van der Waals surface area contributed by atoms with Gasteiger partial charge in [0.05, 0.1) is 6.61 Å². The Bertz CT molecular complexity index is 443. The second kappa shape index (κ2) is 9.43. The summed E-state index contributed by atoms with van der Waals surface area (Å²) >= 11 is 0. The minimum Gasteiger partial charge on any atom is -0.450 e. The van der Waals surface area contributed by atoms with E-state index in [1.54, 1.807) is 0 Å². The van der Waals surface area contributed by atoms with Crippen molar-refractivity contribution in [1.82, 2.24) is 5.32 Å². The van der Waals surface area contributed by atoms with Gasteiger partial charge in [0.25, 0.3) is 0 Å². The highest BCUT2D eigenvalue weighted by Crippen LogP contribution is 2.26. The number of rotatable bonds is 8. The number of carbonyl (C=O) groups is 1. The van der Waals surface area contributed by atoms with Crippen molar-refractivity contribution in [2.45, 2.75) is 59.3 Å². The first-order chi connectivity index (χ1) is 10.1. The van der Waals surface area contributed by atoms with E-state index < -0.39 is 0 Å². The summed E-state index contributed by atoms with van der Waals surface area (Å²) in [6.45, 7) is 9.35. The Morgan fingerprint density at radius 1 is 1.24 bits per heavy atom. The van der Waals surface area contributed by atoms with Gasteiger partial charge in [0, 0.05) is 12.5 Å². The van der Waals surface area contributed by atoms with E-state index in [9.17, 15) is 4.79 Å². The predicted molar refractivity (Wildman–Crippen MR) is 87.8 cm³/mol. The summed E-state index contributed by atoms with van der Waals surface area (Å²) in [6.07, 6.45) is 4.43. The average Bonchev–Trinajstić information content (AvgIpc) is 2.46. The van der Waals surface area contributed by atoms with Crippen molar-refractivity contribution < 1.29 is 9.53 Å². The van der Waals surface area contributed by atoms with Gasteiger partial charge in [-0.15, -0.1) is 0 Å². The standard InChI is InChI=1S/C18H29NO2/c1-5-7-8-9-16(13-19-18(20)21-6-2)17-12-14(3)10-11-15(17)4/h10-12,16H,5-9,13H2,1-4H3,(H,19,20). The number of amides is 1. The van der Waals surface area contributed by atoms with Crippen LogP contribution in [0.25, 0.3) is 0 Å². The highest BCUT2D eigenvalue weighted by Gasteiger charge is 2.15. The zero-order chi connectivity index (χ0) is 15.7. The van der Waals surface area contributed by atoms with Crippen molar-refractivity contribution in [3.8, 4) is 0 Å². The lowest BCUT2D eigenvalue weighted by Crippen LogP contribution is -2.29. The zero-order valence-electron chi connectivity index (χ0n) is 13.9. The molecule has 0 saturated carbocycles. The topological polar surface area (TPSA) is 38.3 Å². The van der Waals surface area contributed by atoms with Crippen LogP contribution in [0.3, 0.4) is 0 Å². The largest absolute Gasteiger partial charge is 0.450 e. The van der Waals surface area contributed by atoms with Gasteiger partial charge in [-0.3, -0.25) is 0 Å². The van der Waals surface area contributed by atoms with Gasteiger partial charge in [0.1, 0.15) is 0 Å². The lowest BCUT2D eigenvalue weighted by Gasteiger charge is -2.20. The molecule has 1 unspecified atom stereocenters. The number of benzene rings is 1. The van der Waals surface area contributed by atoms with Crippen LogP contribution in [-0.4, -0.2) is 19.2 Å². The van der Waals surface area contributed by atoms with Gasteiger partial charge in [0.15, 0.2) is 0 Å². The molecule has 0 aliphatic heterocycles. The van der Waals surface area contributed by atoms with Gasteiger partial charge in [-0.1, -0.05) is 49.9 Å². The fourth-order valence-electron chi connectivity index (χ4n) is 2.60.